The lowest BCUT2D eigenvalue weighted by molar-refractivity contribution is 0.104. The second-order valence-corrected chi connectivity index (χ2v) is 3.70. The Hall–Kier alpha value is -1.57. The third kappa shape index (κ3) is 3.58. The van der Waals surface area contributed by atoms with E-state index in [2.05, 4.69) is 0 Å². The van der Waals surface area contributed by atoms with E-state index in [1.165, 1.54) is 0 Å². The highest BCUT2D eigenvalue weighted by Gasteiger charge is 2.01. The fraction of sp³-hybridized carbons (Fsp3) is 0.308. The van der Waals surface area contributed by atoms with E-state index in [0.717, 1.165) is 5.75 Å². The third-order valence-corrected chi connectivity index (χ3v) is 2.01. The Labute approximate surface area is 90.6 Å². The predicted molar refractivity (Wildman–Crippen MR) is 61.3 cm³/mol. The molecule has 0 atom stereocenters. The maximum Gasteiger partial charge on any atom is 0.185 e. The van der Waals surface area contributed by atoms with Crippen LogP contribution >= 0.6 is 0 Å². The van der Waals surface area contributed by atoms with Gasteiger partial charge in [-0.15, -0.1) is 0 Å². The summed E-state index contributed by atoms with van der Waals surface area (Å²) in [5, 5.41) is 0. The average Bonchev–Trinajstić information content (AvgIpc) is 2.26. The lowest BCUT2D eigenvalue weighted by Gasteiger charge is -2.00. The zero-order valence-corrected chi connectivity index (χ0v) is 9.36. The standard InChI is InChI=1S/C13H16O2/c1-10(2)4-9-13(14)11-5-7-12(15-3)8-6-11/h4-10H,1-3H3. The minimum atomic E-state index is 0.0337. The maximum atomic E-state index is 11.6. The van der Waals surface area contributed by atoms with Crippen LogP contribution in [0.2, 0.25) is 0 Å². The van der Waals surface area contributed by atoms with Crippen LogP contribution < -0.4 is 4.74 Å². The second-order valence-electron chi connectivity index (χ2n) is 3.70. The maximum absolute atomic E-state index is 11.6. The van der Waals surface area contributed by atoms with E-state index < -0.39 is 0 Å². The van der Waals surface area contributed by atoms with Crippen molar-refractivity contribution in [2.75, 3.05) is 7.11 Å². The molecule has 0 saturated heterocycles. The van der Waals surface area contributed by atoms with Crippen LogP contribution in [0.5, 0.6) is 5.75 Å². The van der Waals surface area contributed by atoms with Gasteiger partial charge >= 0.3 is 0 Å². The Bertz CT molecular complexity index is 347. The number of benzene rings is 1. The molecule has 0 radical (unpaired) electrons. The summed E-state index contributed by atoms with van der Waals surface area (Å²) < 4.78 is 5.02. The van der Waals surface area contributed by atoms with Gasteiger partial charge in [-0.25, -0.2) is 0 Å². The van der Waals surface area contributed by atoms with Crippen LogP contribution in [0.4, 0.5) is 0 Å². The molecule has 0 aromatic heterocycles. The average molecular weight is 204 g/mol. The molecule has 0 N–H and O–H groups in total. The predicted octanol–water partition coefficient (Wildman–Crippen LogP) is 3.09. The zero-order chi connectivity index (χ0) is 11.3. The van der Waals surface area contributed by atoms with E-state index in [4.69, 9.17) is 4.74 Å². The SMILES string of the molecule is COc1ccc(C(=O)C=CC(C)C)cc1. The number of hydrogen-bond acceptors (Lipinski definition) is 2. The zero-order valence-electron chi connectivity index (χ0n) is 9.36. The highest BCUT2D eigenvalue weighted by Crippen LogP contribution is 2.12. The van der Waals surface area contributed by atoms with E-state index in [9.17, 15) is 4.79 Å². The Kier molecular flexibility index (Phi) is 4.10. The Morgan fingerprint density at radius 2 is 1.87 bits per heavy atom. The first-order chi connectivity index (χ1) is 7.13. The van der Waals surface area contributed by atoms with Crippen molar-refractivity contribution in [1.82, 2.24) is 0 Å². The van der Waals surface area contributed by atoms with Gasteiger partial charge in [-0.3, -0.25) is 4.79 Å². The summed E-state index contributed by atoms with van der Waals surface area (Å²) in [5.41, 5.74) is 0.688. The van der Waals surface area contributed by atoms with Crippen molar-refractivity contribution in [1.29, 1.82) is 0 Å². The number of rotatable bonds is 4. The van der Waals surface area contributed by atoms with Crippen LogP contribution in [0.25, 0.3) is 0 Å². The molecule has 80 valence electrons. The quantitative estimate of drug-likeness (QED) is 0.556. The molecule has 0 fully saturated rings. The molecule has 1 rings (SSSR count). The molecule has 0 aliphatic carbocycles. The number of ketones is 1. The van der Waals surface area contributed by atoms with Gasteiger partial charge in [0, 0.05) is 5.56 Å². The normalized spacial score (nSPS) is 10.9. The van der Waals surface area contributed by atoms with Crippen LogP contribution in [-0.4, -0.2) is 12.9 Å². The Balaban J connectivity index is 2.74. The summed E-state index contributed by atoms with van der Waals surface area (Å²) in [6.07, 6.45) is 3.51. The van der Waals surface area contributed by atoms with Gasteiger partial charge in [-0.05, 0) is 36.3 Å². The van der Waals surface area contributed by atoms with E-state index >= 15 is 0 Å². The molecule has 0 bridgehead atoms. The fourth-order valence-corrected chi connectivity index (χ4v) is 1.13. The molecule has 0 heterocycles. The van der Waals surface area contributed by atoms with Crippen molar-refractivity contribution in [3.05, 3.63) is 42.0 Å². The van der Waals surface area contributed by atoms with Crippen molar-refractivity contribution >= 4 is 5.78 Å². The molecule has 1 aromatic carbocycles. The Morgan fingerprint density at radius 1 is 1.27 bits per heavy atom. The van der Waals surface area contributed by atoms with Crippen LogP contribution in [0.1, 0.15) is 24.2 Å². The number of carbonyl (C=O) groups is 1. The first-order valence-electron chi connectivity index (χ1n) is 5.00. The van der Waals surface area contributed by atoms with Gasteiger partial charge in [0.25, 0.3) is 0 Å². The molecule has 0 aliphatic heterocycles. The molecule has 2 heteroatoms. The van der Waals surface area contributed by atoms with Gasteiger partial charge in [0.05, 0.1) is 7.11 Å². The Morgan fingerprint density at radius 3 is 2.33 bits per heavy atom. The molecule has 2 nitrogen and oxygen atoms in total. The minimum Gasteiger partial charge on any atom is -0.497 e. The summed E-state index contributed by atoms with van der Waals surface area (Å²) >= 11 is 0. The number of allylic oxidation sites excluding steroid dienone is 2. The van der Waals surface area contributed by atoms with Crippen molar-refractivity contribution in [3.63, 3.8) is 0 Å². The number of hydrogen-bond donors (Lipinski definition) is 0. The lowest BCUT2D eigenvalue weighted by atomic mass is 10.1. The topological polar surface area (TPSA) is 26.3 Å². The van der Waals surface area contributed by atoms with E-state index in [1.807, 2.05) is 19.9 Å². The molecular weight excluding hydrogens is 188 g/mol. The molecule has 0 spiro atoms. The first-order valence-corrected chi connectivity index (χ1v) is 5.00. The van der Waals surface area contributed by atoms with E-state index in [-0.39, 0.29) is 5.78 Å². The molecule has 0 saturated carbocycles. The van der Waals surface area contributed by atoms with Crippen molar-refractivity contribution in [3.8, 4) is 5.75 Å². The van der Waals surface area contributed by atoms with Crippen LogP contribution in [-0.2, 0) is 0 Å². The van der Waals surface area contributed by atoms with E-state index in [1.54, 1.807) is 37.5 Å². The van der Waals surface area contributed by atoms with E-state index in [0.29, 0.717) is 11.5 Å². The van der Waals surface area contributed by atoms with Gasteiger partial charge in [0.15, 0.2) is 5.78 Å². The first kappa shape index (κ1) is 11.5. The second kappa shape index (κ2) is 5.35. The summed E-state index contributed by atoms with van der Waals surface area (Å²) in [6.45, 7) is 4.08. The molecular formula is C13H16O2. The van der Waals surface area contributed by atoms with Gasteiger partial charge in [0.1, 0.15) is 5.75 Å². The minimum absolute atomic E-state index is 0.0337. The molecule has 15 heavy (non-hydrogen) atoms. The molecule has 0 unspecified atom stereocenters. The van der Waals surface area contributed by atoms with Gasteiger partial charge in [0.2, 0.25) is 0 Å². The monoisotopic (exact) mass is 204 g/mol. The highest BCUT2D eigenvalue weighted by atomic mass is 16.5. The lowest BCUT2D eigenvalue weighted by Crippen LogP contribution is -1.95. The number of carbonyl (C=O) groups excluding carboxylic acids is 1. The van der Waals surface area contributed by atoms with Crippen LogP contribution in [0.3, 0.4) is 0 Å². The highest BCUT2D eigenvalue weighted by molar-refractivity contribution is 6.04. The summed E-state index contributed by atoms with van der Waals surface area (Å²) in [7, 11) is 1.61. The van der Waals surface area contributed by atoms with Gasteiger partial charge in [-0.2, -0.15) is 0 Å². The summed E-state index contributed by atoms with van der Waals surface area (Å²) in [6, 6.07) is 7.12. The number of methoxy groups -OCH3 is 1. The molecule has 0 amide bonds. The van der Waals surface area contributed by atoms with Crippen LogP contribution in [0.15, 0.2) is 36.4 Å². The third-order valence-electron chi connectivity index (χ3n) is 2.01. The largest absolute Gasteiger partial charge is 0.497 e. The van der Waals surface area contributed by atoms with Crippen molar-refractivity contribution in [2.45, 2.75) is 13.8 Å². The van der Waals surface area contributed by atoms with Crippen molar-refractivity contribution < 1.29 is 9.53 Å². The van der Waals surface area contributed by atoms with Gasteiger partial charge < -0.3 is 4.74 Å². The smallest absolute Gasteiger partial charge is 0.185 e. The summed E-state index contributed by atoms with van der Waals surface area (Å²) in [5.74, 6) is 1.19. The van der Waals surface area contributed by atoms with Crippen molar-refractivity contribution in [2.24, 2.45) is 5.92 Å². The number of ether oxygens (including phenoxy) is 1. The summed E-state index contributed by atoms with van der Waals surface area (Å²) in [4.78, 5) is 11.6. The fourth-order valence-electron chi connectivity index (χ4n) is 1.13. The molecule has 0 aliphatic rings. The van der Waals surface area contributed by atoms with Crippen LogP contribution in [0, 0.1) is 5.92 Å². The molecule has 1 aromatic rings. The van der Waals surface area contributed by atoms with Gasteiger partial charge in [-0.1, -0.05) is 19.9 Å².